The standard InChI is InChI=1S/C21H18N4S/c1-16-8-7-9-17(14-16)20-23-24-21(25(20)19-11-3-2-4-12-19)26-15-18-10-5-6-13-22-18/h2-14H,15H2,1H3. The van der Waals surface area contributed by atoms with Gasteiger partial charge in [-0.1, -0.05) is 59.8 Å². The van der Waals surface area contributed by atoms with Crippen LogP contribution in [0.2, 0.25) is 0 Å². The summed E-state index contributed by atoms with van der Waals surface area (Å²) in [6.07, 6.45) is 1.82. The molecular weight excluding hydrogens is 340 g/mol. The topological polar surface area (TPSA) is 43.6 Å². The van der Waals surface area contributed by atoms with Crippen LogP contribution in [0.25, 0.3) is 17.1 Å². The Morgan fingerprint density at radius 2 is 1.73 bits per heavy atom. The van der Waals surface area contributed by atoms with E-state index in [1.54, 1.807) is 11.8 Å². The molecule has 4 nitrogen and oxygen atoms in total. The Kier molecular flexibility index (Phi) is 4.80. The van der Waals surface area contributed by atoms with Crippen molar-refractivity contribution in [2.75, 3.05) is 0 Å². The van der Waals surface area contributed by atoms with E-state index >= 15 is 0 Å². The van der Waals surface area contributed by atoms with Crippen LogP contribution in [0.4, 0.5) is 0 Å². The molecule has 0 radical (unpaired) electrons. The van der Waals surface area contributed by atoms with E-state index in [-0.39, 0.29) is 0 Å². The Labute approximate surface area is 157 Å². The first kappa shape index (κ1) is 16.5. The molecule has 128 valence electrons. The van der Waals surface area contributed by atoms with E-state index in [1.165, 1.54) is 5.56 Å². The minimum Gasteiger partial charge on any atom is -0.270 e. The molecule has 0 saturated carbocycles. The number of aromatic nitrogens is 4. The van der Waals surface area contributed by atoms with Crippen molar-refractivity contribution in [1.29, 1.82) is 0 Å². The van der Waals surface area contributed by atoms with Crippen LogP contribution < -0.4 is 0 Å². The molecule has 4 aromatic rings. The fourth-order valence-corrected chi connectivity index (χ4v) is 3.63. The van der Waals surface area contributed by atoms with Crippen molar-refractivity contribution in [3.05, 3.63) is 90.3 Å². The maximum absolute atomic E-state index is 4.49. The Bertz CT molecular complexity index is 997. The lowest BCUT2D eigenvalue weighted by Gasteiger charge is -2.10. The number of aryl methyl sites for hydroxylation is 1. The number of hydrogen-bond acceptors (Lipinski definition) is 4. The third-order valence-corrected chi connectivity index (χ3v) is 4.96. The molecule has 2 heterocycles. The summed E-state index contributed by atoms with van der Waals surface area (Å²) in [5.74, 6) is 1.60. The molecule has 0 aliphatic carbocycles. The number of para-hydroxylation sites is 1. The fraction of sp³-hybridized carbons (Fsp3) is 0.0952. The van der Waals surface area contributed by atoms with Crippen LogP contribution in [0.15, 0.2) is 84.1 Å². The molecule has 2 aromatic heterocycles. The van der Waals surface area contributed by atoms with Gasteiger partial charge in [0.25, 0.3) is 0 Å². The Morgan fingerprint density at radius 3 is 2.50 bits per heavy atom. The van der Waals surface area contributed by atoms with Gasteiger partial charge in [-0.3, -0.25) is 9.55 Å². The molecule has 0 aliphatic heterocycles. The third-order valence-electron chi connectivity index (χ3n) is 4.00. The average Bonchev–Trinajstić information content (AvgIpc) is 3.12. The first-order valence-corrected chi connectivity index (χ1v) is 9.40. The second-order valence-electron chi connectivity index (χ2n) is 5.96. The van der Waals surface area contributed by atoms with Crippen molar-refractivity contribution in [3.8, 4) is 17.1 Å². The highest BCUT2D eigenvalue weighted by Gasteiger charge is 2.16. The van der Waals surface area contributed by atoms with Crippen LogP contribution >= 0.6 is 11.8 Å². The highest BCUT2D eigenvalue weighted by atomic mass is 32.2. The summed E-state index contributed by atoms with van der Waals surface area (Å²) in [6.45, 7) is 2.09. The van der Waals surface area contributed by atoms with Gasteiger partial charge in [0.05, 0.1) is 5.69 Å². The van der Waals surface area contributed by atoms with E-state index in [0.29, 0.717) is 0 Å². The van der Waals surface area contributed by atoms with Crippen molar-refractivity contribution in [2.45, 2.75) is 17.8 Å². The number of pyridine rings is 1. The maximum atomic E-state index is 4.49. The van der Waals surface area contributed by atoms with E-state index in [0.717, 1.165) is 33.7 Å². The zero-order chi connectivity index (χ0) is 17.8. The van der Waals surface area contributed by atoms with Crippen LogP contribution in [0, 0.1) is 6.92 Å². The summed E-state index contributed by atoms with van der Waals surface area (Å²) in [5, 5.41) is 9.81. The Morgan fingerprint density at radius 1 is 0.885 bits per heavy atom. The molecule has 0 spiro atoms. The van der Waals surface area contributed by atoms with E-state index in [2.05, 4.69) is 63.1 Å². The van der Waals surface area contributed by atoms with Crippen molar-refractivity contribution in [3.63, 3.8) is 0 Å². The molecule has 0 atom stereocenters. The molecular formula is C21H18N4S. The van der Waals surface area contributed by atoms with Crippen molar-refractivity contribution < 1.29 is 0 Å². The minimum atomic E-state index is 0.750. The van der Waals surface area contributed by atoms with Crippen LogP contribution in [-0.2, 0) is 5.75 Å². The van der Waals surface area contributed by atoms with Gasteiger partial charge in [0.2, 0.25) is 0 Å². The molecule has 0 amide bonds. The molecule has 2 aromatic carbocycles. The van der Waals surface area contributed by atoms with E-state index in [4.69, 9.17) is 0 Å². The molecule has 26 heavy (non-hydrogen) atoms. The summed E-state index contributed by atoms with van der Waals surface area (Å²) in [5.41, 5.74) is 4.34. The summed E-state index contributed by atoms with van der Waals surface area (Å²) < 4.78 is 2.11. The lowest BCUT2D eigenvalue weighted by Crippen LogP contribution is -2.00. The second kappa shape index (κ2) is 7.54. The van der Waals surface area contributed by atoms with Crippen LogP contribution in [0.5, 0.6) is 0 Å². The van der Waals surface area contributed by atoms with Gasteiger partial charge in [-0.2, -0.15) is 0 Å². The molecule has 0 fully saturated rings. The van der Waals surface area contributed by atoms with Gasteiger partial charge in [-0.05, 0) is 37.3 Å². The predicted molar refractivity (Wildman–Crippen MR) is 105 cm³/mol. The van der Waals surface area contributed by atoms with Gasteiger partial charge in [0.15, 0.2) is 11.0 Å². The quantitative estimate of drug-likeness (QED) is 0.475. The molecule has 4 rings (SSSR count). The normalized spacial score (nSPS) is 10.8. The van der Waals surface area contributed by atoms with Gasteiger partial charge in [-0.15, -0.1) is 10.2 Å². The zero-order valence-electron chi connectivity index (χ0n) is 14.4. The van der Waals surface area contributed by atoms with Crippen molar-refractivity contribution >= 4 is 11.8 Å². The highest BCUT2D eigenvalue weighted by Crippen LogP contribution is 2.29. The lowest BCUT2D eigenvalue weighted by atomic mass is 10.1. The average molecular weight is 358 g/mol. The summed E-state index contributed by atoms with van der Waals surface area (Å²) in [4.78, 5) is 4.39. The number of hydrogen-bond donors (Lipinski definition) is 0. The van der Waals surface area contributed by atoms with Gasteiger partial charge < -0.3 is 0 Å². The number of benzene rings is 2. The minimum absolute atomic E-state index is 0.750. The Balaban J connectivity index is 1.75. The summed E-state index contributed by atoms with van der Waals surface area (Å²) in [6, 6.07) is 24.5. The van der Waals surface area contributed by atoms with Gasteiger partial charge in [0, 0.05) is 23.2 Å². The molecule has 0 bridgehead atoms. The maximum Gasteiger partial charge on any atom is 0.196 e. The number of thioether (sulfide) groups is 1. The molecule has 0 unspecified atom stereocenters. The van der Waals surface area contributed by atoms with Crippen LogP contribution in [0.3, 0.4) is 0 Å². The first-order valence-electron chi connectivity index (χ1n) is 8.42. The monoisotopic (exact) mass is 358 g/mol. The Hall–Kier alpha value is -2.92. The largest absolute Gasteiger partial charge is 0.270 e. The lowest BCUT2D eigenvalue weighted by molar-refractivity contribution is 0.885. The van der Waals surface area contributed by atoms with Gasteiger partial charge in [-0.25, -0.2) is 0 Å². The van der Waals surface area contributed by atoms with E-state index in [1.807, 2.05) is 42.6 Å². The predicted octanol–water partition coefficient (Wildman–Crippen LogP) is 4.93. The SMILES string of the molecule is Cc1cccc(-c2nnc(SCc3ccccn3)n2-c2ccccc2)c1. The molecule has 0 N–H and O–H groups in total. The summed E-state index contributed by atoms with van der Waals surface area (Å²) >= 11 is 1.64. The van der Waals surface area contributed by atoms with Gasteiger partial charge >= 0.3 is 0 Å². The van der Waals surface area contributed by atoms with Crippen LogP contribution in [-0.4, -0.2) is 19.7 Å². The van der Waals surface area contributed by atoms with Crippen molar-refractivity contribution in [1.82, 2.24) is 19.7 Å². The molecule has 5 heteroatoms. The second-order valence-corrected chi connectivity index (χ2v) is 6.90. The molecule has 0 saturated heterocycles. The molecule has 0 aliphatic rings. The van der Waals surface area contributed by atoms with E-state index < -0.39 is 0 Å². The van der Waals surface area contributed by atoms with E-state index in [9.17, 15) is 0 Å². The van der Waals surface area contributed by atoms with Crippen LogP contribution in [0.1, 0.15) is 11.3 Å². The smallest absolute Gasteiger partial charge is 0.196 e. The number of nitrogens with zero attached hydrogens (tertiary/aromatic N) is 4. The number of rotatable bonds is 5. The fourth-order valence-electron chi connectivity index (χ4n) is 2.77. The summed E-state index contributed by atoms with van der Waals surface area (Å²) in [7, 11) is 0. The first-order chi connectivity index (χ1) is 12.8. The third kappa shape index (κ3) is 3.53. The van der Waals surface area contributed by atoms with Crippen molar-refractivity contribution in [2.24, 2.45) is 0 Å². The van der Waals surface area contributed by atoms with Gasteiger partial charge in [0.1, 0.15) is 0 Å². The highest BCUT2D eigenvalue weighted by molar-refractivity contribution is 7.98. The zero-order valence-corrected chi connectivity index (χ0v) is 15.2.